The second kappa shape index (κ2) is 12.0. The van der Waals surface area contributed by atoms with E-state index in [1.54, 1.807) is 33.8 Å². The Morgan fingerprint density at radius 1 is 1.05 bits per heavy atom. The first-order valence-electron chi connectivity index (χ1n) is 15.4. The van der Waals surface area contributed by atoms with Crippen LogP contribution in [-0.4, -0.2) is 75.7 Å². The Bertz CT molecular complexity index is 1360. The number of carboxylic acids is 1. The summed E-state index contributed by atoms with van der Waals surface area (Å²) in [6.07, 6.45) is 2.17. The maximum atomic E-state index is 14.3. The number of hydrogen-bond donors (Lipinski definition) is 2. The first kappa shape index (κ1) is 33.8. The van der Waals surface area contributed by atoms with Crippen LogP contribution in [0.5, 0.6) is 0 Å². The van der Waals surface area contributed by atoms with Crippen LogP contribution < -0.4 is 5.73 Å². The molecule has 4 rings (SSSR count). The van der Waals surface area contributed by atoms with Crippen LogP contribution in [-0.2, 0) is 19.8 Å². The van der Waals surface area contributed by atoms with Crippen molar-refractivity contribution >= 4 is 35.3 Å². The quantitative estimate of drug-likeness (QED) is 0.401. The summed E-state index contributed by atoms with van der Waals surface area (Å²) in [4.78, 5) is 56.4. The van der Waals surface area contributed by atoms with Gasteiger partial charge in [0.1, 0.15) is 22.1 Å². The van der Waals surface area contributed by atoms with Crippen LogP contribution in [0, 0.1) is 29.1 Å². The van der Waals surface area contributed by atoms with Gasteiger partial charge in [-0.1, -0.05) is 31.6 Å². The molecule has 0 spiro atoms. The van der Waals surface area contributed by atoms with E-state index >= 15 is 0 Å². The molecule has 3 N–H and O–H groups in total. The van der Waals surface area contributed by atoms with Crippen LogP contribution in [0.2, 0.25) is 0 Å². The van der Waals surface area contributed by atoms with Gasteiger partial charge in [-0.25, -0.2) is 14.4 Å². The number of ketones is 1. The van der Waals surface area contributed by atoms with Crippen LogP contribution in [0.4, 0.5) is 9.59 Å². The summed E-state index contributed by atoms with van der Waals surface area (Å²) in [5, 5.41) is 10.2. The molecule has 11 heteroatoms. The van der Waals surface area contributed by atoms with Crippen LogP contribution in [0.15, 0.2) is 6.07 Å². The van der Waals surface area contributed by atoms with E-state index in [1.165, 1.54) is 9.80 Å². The van der Waals surface area contributed by atoms with E-state index in [0.717, 1.165) is 24.2 Å². The molecule has 2 atom stereocenters. The number of ether oxygens (including phenoxy) is 2. The van der Waals surface area contributed by atoms with E-state index in [-0.39, 0.29) is 48.0 Å². The Labute approximate surface area is 264 Å². The highest BCUT2D eigenvalue weighted by Gasteiger charge is 2.56. The zero-order valence-electron chi connectivity index (χ0n) is 27.2. The van der Waals surface area contributed by atoms with Gasteiger partial charge < -0.3 is 25.2 Å². The van der Waals surface area contributed by atoms with Crippen molar-refractivity contribution in [2.24, 2.45) is 23.0 Å². The SMILES string of the molecule is CC1CCC(C(=O)C2N(C(=O)OC3(C)CN(C(=O)OC(C)(C)C)C3)CC[C@]2(N)c2cc(C#CC(C)(C)C)sc2C(=O)O)CC1. The van der Waals surface area contributed by atoms with E-state index in [2.05, 4.69) is 18.8 Å². The number of likely N-dealkylation sites (tertiary alicyclic amines) is 2. The Balaban J connectivity index is 1.64. The highest BCUT2D eigenvalue weighted by atomic mass is 32.1. The van der Waals surface area contributed by atoms with Crippen molar-refractivity contribution in [3.8, 4) is 11.8 Å². The van der Waals surface area contributed by atoms with Crippen molar-refractivity contribution in [3.63, 3.8) is 0 Å². The molecule has 2 amide bonds. The molecule has 1 unspecified atom stereocenters. The van der Waals surface area contributed by atoms with Gasteiger partial charge in [0.2, 0.25) is 0 Å². The monoisotopic (exact) mass is 629 g/mol. The lowest BCUT2D eigenvalue weighted by Crippen LogP contribution is -2.65. The molecular weight excluding hydrogens is 582 g/mol. The summed E-state index contributed by atoms with van der Waals surface area (Å²) < 4.78 is 11.4. The second-order valence-electron chi connectivity index (χ2n) is 15.1. The summed E-state index contributed by atoms with van der Waals surface area (Å²) in [6.45, 7) is 15.6. The number of hydrogen-bond acceptors (Lipinski definition) is 8. The van der Waals surface area contributed by atoms with Crippen LogP contribution in [0.25, 0.3) is 0 Å². The normalized spacial score (nSPS) is 26.7. The lowest BCUT2D eigenvalue weighted by molar-refractivity contribution is -0.132. The number of amides is 2. The Morgan fingerprint density at radius 3 is 2.20 bits per heavy atom. The number of Topliss-reactive ketones (excluding diaryl/α,β-unsaturated/α-hetero) is 1. The minimum Gasteiger partial charge on any atom is -0.477 e. The molecule has 44 heavy (non-hydrogen) atoms. The van der Waals surface area contributed by atoms with E-state index < -0.39 is 40.9 Å². The van der Waals surface area contributed by atoms with Crippen LogP contribution in [0.3, 0.4) is 0 Å². The molecule has 242 valence electrons. The Kier molecular flexibility index (Phi) is 9.22. The molecule has 1 aromatic heterocycles. The van der Waals surface area contributed by atoms with Crippen molar-refractivity contribution in [2.75, 3.05) is 19.6 Å². The third-order valence-electron chi connectivity index (χ3n) is 8.51. The molecule has 1 aromatic rings. The average Bonchev–Trinajstić information content (AvgIpc) is 3.47. The van der Waals surface area contributed by atoms with Crippen molar-refractivity contribution in [3.05, 3.63) is 21.4 Å². The number of rotatable bonds is 5. The number of thiophene rings is 1. The Morgan fingerprint density at radius 2 is 1.66 bits per heavy atom. The molecule has 1 saturated carbocycles. The summed E-state index contributed by atoms with van der Waals surface area (Å²) in [5.41, 5.74) is 4.07. The number of nitrogens with two attached hydrogens (primary N) is 1. The number of aromatic carboxylic acids is 1. The predicted molar refractivity (Wildman–Crippen MR) is 167 cm³/mol. The zero-order chi connectivity index (χ0) is 32.8. The maximum absolute atomic E-state index is 14.3. The highest BCUT2D eigenvalue weighted by Crippen LogP contribution is 2.44. The van der Waals surface area contributed by atoms with Gasteiger partial charge in [-0.3, -0.25) is 9.69 Å². The summed E-state index contributed by atoms with van der Waals surface area (Å²) in [6, 6.07) is 0.576. The largest absolute Gasteiger partial charge is 0.477 e. The fourth-order valence-corrected chi connectivity index (χ4v) is 7.21. The molecule has 2 aliphatic heterocycles. The number of carbonyl (C=O) groups is 4. The summed E-state index contributed by atoms with van der Waals surface area (Å²) in [7, 11) is 0. The average molecular weight is 630 g/mol. The topological polar surface area (TPSA) is 139 Å². The molecule has 3 aliphatic rings. The van der Waals surface area contributed by atoms with Crippen molar-refractivity contribution in [1.29, 1.82) is 0 Å². The third kappa shape index (κ3) is 7.40. The number of carboxylic acid groups (broad SMARTS) is 1. The first-order valence-corrected chi connectivity index (χ1v) is 16.2. The van der Waals surface area contributed by atoms with Gasteiger partial charge in [0.05, 0.1) is 23.5 Å². The van der Waals surface area contributed by atoms with E-state index in [4.69, 9.17) is 15.2 Å². The lowest BCUT2D eigenvalue weighted by Gasteiger charge is -2.47. The van der Waals surface area contributed by atoms with Crippen LogP contribution in [0.1, 0.15) is 108 Å². The molecule has 3 fully saturated rings. The highest BCUT2D eigenvalue weighted by molar-refractivity contribution is 7.14. The van der Waals surface area contributed by atoms with Gasteiger partial charge in [-0.2, -0.15) is 0 Å². The molecular formula is C33H47N3O7S. The van der Waals surface area contributed by atoms with Crippen molar-refractivity contribution in [1.82, 2.24) is 9.80 Å². The predicted octanol–water partition coefficient (Wildman–Crippen LogP) is 5.61. The molecule has 10 nitrogen and oxygen atoms in total. The lowest BCUT2D eigenvalue weighted by atomic mass is 9.74. The molecule has 0 bridgehead atoms. The molecule has 3 heterocycles. The Hall–Kier alpha value is -3.10. The number of carbonyl (C=O) groups excluding carboxylic acids is 3. The van der Waals surface area contributed by atoms with E-state index in [0.29, 0.717) is 29.2 Å². The minimum atomic E-state index is -1.44. The second-order valence-corrected chi connectivity index (χ2v) is 16.1. The van der Waals surface area contributed by atoms with Crippen molar-refractivity contribution in [2.45, 2.75) is 110 Å². The standard InChI is InChI=1S/C33H47N3O7S/c1-20-9-11-21(12-10-20)24(37)26-33(34,23-17-22(13-14-30(2,3)4)44-25(23)27(38)39)15-16-36(26)29(41)43-32(8)18-35(19-32)28(40)42-31(5,6)7/h17,20-21,26H,9-12,15-16,18-19,34H2,1-8H3,(H,38,39)/t20?,21?,26?,33-/m0/s1. The third-order valence-corrected chi connectivity index (χ3v) is 9.55. The summed E-state index contributed by atoms with van der Waals surface area (Å²) in [5.74, 6) is 5.13. The van der Waals surface area contributed by atoms with E-state index in [1.807, 2.05) is 20.8 Å². The molecule has 1 aliphatic carbocycles. The molecule has 0 aromatic carbocycles. The zero-order valence-corrected chi connectivity index (χ0v) is 28.1. The summed E-state index contributed by atoms with van der Waals surface area (Å²) >= 11 is 1.03. The van der Waals surface area contributed by atoms with Gasteiger partial charge in [0, 0.05) is 23.4 Å². The van der Waals surface area contributed by atoms with Gasteiger partial charge in [-0.05, 0) is 79.7 Å². The van der Waals surface area contributed by atoms with E-state index in [9.17, 15) is 24.3 Å². The minimum absolute atomic E-state index is 0.0231. The van der Waals surface area contributed by atoms with Gasteiger partial charge in [0.15, 0.2) is 5.78 Å². The van der Waals surface area contributed by atoms with Crippen molar-refractivity contribution < 1.29 is 33.8 Å². The molecule has 0 radical (unpaired) electrons. The van der Waals surface area contributed by atoms with Gasteiger partial charge in [0.25, 0.3) is 0 Å². The van der Waals surface area contributed by atoms with Gasteiger partial charge in [-0.15, -0.1) is 11.3 Å². The molecule has 2 saturated heterocycles. The number of nitrogens with zero attached hydrogens (tertiary/aromatic N) is 2. The van der Waals surface area contributed by atoms with Gasteiger partial charge >= 0.3 is 18.2 Å². The maximum Gasteiger partial charge on any atom is 0.411 e. The van der Waals surface area contributed by atoms with Crippen LogP contribution >= 0.6 is 11.3 Å². The smallest absolute Gasteiger partial charge is 0.411 e. The first-order chi connectivity index (χ1) is 20.2. The fraction of sp³-hybridized carbons (Fsp3) is 0.697. The fourth-order valence-electron chi connectivity index (χ4n) is 6.26.